The second-order valence-electron chi connectivity index (χ2n) is 37.1. The van der Waals surface area contributed by atoms with Crippen molar-refractivity contribution in [3.05, 3.63) is 186 Å². The van der Waals surface area contributed by atoms with Gasteiger partial charge in [-0.2, -0.15) is 0 Å². The number of carbonyl (C=O) groups is 16. The fraction of sp³-hybridized carbons (Fsp3) is 0.455. The molecule has 0 unspecified atom stereocenters. The third-order valence-corrected chi connectivity index (χ3v) is 25.4. The number of para-hydroxylation sites is 1. The highest BCUT2D eigenvalue weighted by molar-refractivity contribution is 8.00. The highest BCUT2D eigenvalue weighted by Gasteiger charge is 2.43. The quantitative estimate of drug-likeness (QED) is 0.0111. The summed E-state index contributed by atoms with van der Waals surface area (Å²) in [5, 5.41) is 93.8. The minimum Gasteiger partial charge on any atom is -0.508 e. The zero-order valence-corrected chi connectivity index (χ0v) is 84.1. The van der Waals surface area contributed by atoms with Gasteiger partial charge >= 0.3 is 0 Å². The van der Waals surface area contributed by atoms with Crippen molar-refractivity contribution in [2.75, 3.05) is 44.2 Å². The minimum atomic E-state index is -2.02. The highest BCUT2D eigenvalue weighted by atomic mass is 32.2. The van der Waals surface area contributed by atoms with Gasteiger partial charge in [0, 0.05) is 100.0 Å². The Balaban J connectivity index is 1.25. The van der Waals surface area contributed by atoms with Crippen molar-refractivity contribution in [1.29, 1.82) is 16.2 Å². The molecule has 0 radical (unpaired) electrons. The molecule has 34 N–H and O–H groups in total. The molecule has 147 heavy (non-hydrogen) atoms. The summed E-state index contributed by atoms with van der Waals surface area (Å²) in [7, 11) is 1.63. The number of nitrogens with zero attached hydrogens (tertiary/aromatic N) is 2. The van der Waals surface area contributed by atoms with Crippen LogP contribution < -0.4 is 124 Å². The van der Waals surface area contributed by atoms with E-state index in [2.05, 4.69) is 106 Å². The number of hydrogen-bond donors (Lipinski definition) is 29. The van der Waals surface area contributed by atoms with Gasteiger partial charge in [-0.25, -0.2) is 4.98 Å². The lowest BCUT2D eigenvalue weighted by Gasteiger charge is -2.32. The fourth-order valence-electron chi connectivity index (χ4n) is 15.8. The Morgan fingerprint density at radius 3 is 1.26 bits per heavy atom. The van der Waals surface area contributed by atoms with E-state index in [9.17, 15) is 29.4 Å². The van der Waals surface area contributed by atoms with E-state index in [0.29, 0.717) is 50.8 Å². The van der Waals surface area contributed by atoms with Gasteiger partial charge in [-0.1, -0.05) is 123 Å². The molecule has 8 rings (SSSR count). The van der Waals surface area contributed by atoms with Crippen LogP contribution >= 0.6 is 11.8 Å². The molecule has 48 heteroatoms. The van der Waals surface area contributed by atoms with Crippen LogP contribution in [0.1, 0.15) is 139 Å². The monoisotopic (exact) mass is 2050 g/mol. The largest absolute Gasteiger partial charge is 0.508 e. The standard InChI is InChI=1S/C99H139N29O18S/c1-8-56(2)80-92(144)118-69(30-20-42-110-96(104)105)83(135)115-67(28-17-18-40-100)82(134)117-70(31-21-43-111-97(106)107)90(142)126-98(3,4)93(145)124-74(45-58-24-13-10-14-25-58)88(140)116-68(29-19-41-109-95(102)103)84(136)119-72(46-59-32-36-63(129)37-33-59)86(138)121-75(48-61-50-112-66-27-16-15-26-65(61)66)89(141)120-73(47-60-34-38-64(130)39-35-60)87(139)123-77(81(133)113-52-78(101)131)53-147-54-79(132)114-71(44-57-22-11-9-12-23-57)85(137)122-76(49-62-51-108-55-128(62)7)91(143)127-99(5,6)94(146)125-80/h9-16,22-27,32-39,50-51,55-56,67-77,80,112,129-130H,8,17-21,28-31,40-49,52-54,100H2,1-7H3,(H2,101,131)(H,113,133)(H,114,132)(H,115,135)(H,116,140)(H,117,134)(H,118,144)(H,119,136)(H,120,141)(H,121,138)(H,122,137)(H,123,139)(H,124,145)(H,125,146)(H,126,142)(H,127,143)(H4,102,103,109)(H4,104,105,110)(H4,106,107,111)/t56-,67-,68-,69-,70-,71-,72-,73-,74-,75-,76-,77-,80-/m0/s1. The molecule has 2 aromatic heterocycles. The SMILES string of the molecule is CC[C@H](C)[C@@H]1NC(=O)C(C)(C)NC(=O)[C@H](Cc2cncn2C)NC(=O)[C@H](Cc2ccccc2)NC(=O)CSC[C@@H](C(=O)NCC(N)=O)NC(=O)[C@H](Cc2ccc(O)cc2)NC(=O)[C@H](Cc2c[nH]c3ccccc23)NC(=O)[C@H](Cc2ccc(O)cc2)NC(=O)[C@H](CCCNC(=N)N)NC(=O)[C@H](Cc2ccccc2)NC(=O)C(C)(C)NC(=O)[C@H](CCCNC(=N)N)NC(=O)[C@H](CCCCN)NC(=O)[C@H](CCCNC(=N)N)NC1=O. The van der Waals surface area contributed by atoms with Crippen LogP contribution in [0.3, 0.4) is 0 Å². The number of guanidine groups is 3. The Labute approximate surface area is 855 Å². The maximum Gasteiger partial charge on any atom is 0.245 e. The fourth-order valence-corrected chi connectivity index (χ4v) is 16.7. The molecule has 0 saturated carbocycles. The van der Waals surface area contributed by atoms with E-state index in [1.807, 2.05) is 0 Å². The molecule has 0 bridgehead atoms. The van der Waals surface area contributed by atoms with Crippen LogP contribution in [-0.4, -0.2) is 265 Å². The molecule has 1 aliphatic heterocycles. The molecule has 1 aliphatic rings. The number of aryl methyl sites for hydroxylation is 1. The summed E-state index contributed by atoms with van der Waals surface area (Å²) in [6, 6.07) is 15.5. The number of aromatic hydroxyl groups is 2. The smallest absolute Gasteiger partial charge is 0.245 e. The molecule has 16 amide bonds. The topological polar surface area (TPSA) is 765 Å². The van der Waals surface area contributed by atoms with Gasteiger partial charge in [-0.3, -0.25) is 92.9 Å². The van der Waals surface area contributed by atoms with Crippen LogP contribution in [0.2, 0.25) is 0 Å². The van der Waals surface area contributed by atoms with Crippen molar-refractivity contribution in [3.63, 3.8) is 0 Å². The average Bonchev–Trinajstić information content (AvgIpc) is 1.44. The first-order chi connectivity index (χ1) is 69.9. The number of hydrogen-bond acceptors (Lipinski definition) is 24. The summed E-state index contributed by atoms with van der Waals surface area (Å²) >= 11 is 0.766. The molecule has 3 heterocycles. The van der Waals surface area contributed by atoms with Gasteiger partial charge in [-0.15, -0.1) is 11.8 Å². The molecule has 7 aromatic rings. The van der Waals surface area contributed by atoms with Crippen molar-refractivity contribution >= 4 is 135 Å². The van der Waals surface area contributed by atoms with E-state index in [1.54, 1.807) is 117 Å². The molecular weight excluding hydrogens is 1920 g/mol. The van der Waals surface area contributed by atoms with E-state index >= 15 is 57.5 Å². The lowest BCUT2D eigenvalue weighted by molar-refractivity contribution is -0.138. The van der Waals surface area contributed by atoms with Gasteiger partial charge in [0.05, 0.1) is 18.6 Å². The molecule has 1 saturated heterocycles. The molecular formula is C99H139N29O18S. The number of nitrogens with two attached hydrogens (primary N) is 5. The van der Waals surface area contributed by atoms with E-state index in [4.69, 9.17) is 44.9 Å². The summed E-state index contributed by atoms with van der Waals surface area (Å²) in [6.07, 6.45) is 2.60. The summed E-state index contributed by atoms with van der Waals surface area (Å²) in [5.41, 5.74) is 27.6. The Morgan fingerprint density at radius 2 is 0.823 bits per heavy atom. The van der Waals surface area contributed by atoms with Crippen LogP contribution in [-0.2, 0) is 122 Å². The van der Waals surface area contributed by atoms with Crippen LogP contribution in [0.5, 0.6) is 11.5 Å². The van der Waals surface area contributed by atoms with Crippen LogP contribution in [0, 0.1) is 22.1 Å². The van der Waals surface area contributed by atoms with E-state index in [0.717, 1.165) is 11.8 Å². The third-order valence-electron chi connectivity index (χ3n) is 24.4. The lowest BCUT2D eigenvalue weighted by Crippen LogP contribution is -2.64. The molecule has 794 valence electrons. The second kappa shape index (κ2) is 57.5. The Bertz CT molecular complexity index is 5710. The van der Waals surface area contributed by atoms with E-state index < -0.39 is 233 Å². The lowest BCUT2D eigenvalue weighted by atomic mass is 9.95. The first-order valence-electron chi connectivity index (χ1n) is 48.4. The Kier molecular flexibility index (Phi) is 45.5. The number of nitrogens with one attached hydrogen (secondary N) is 22. The zero-order valence-electron chi connectivity index (χ0n) is 83.3. The average molecular weight is 2060 g/mol. The summed E-state index contributed by atoms with van der Waals surface area (Å²) in [4.78, 5) is 248. The van der Waals surface area contributed by atoms with Gasteiger partial charge in [0.15, 0.2) is 17.9 Å². The van der Waals surface area contributed by atoms with Gasteiger partial charge in [0.1, 0.15) is 95.1 Å². The zero-order chi connectivity index (χ0) is 108. The predicted molar refractivity (Wildman–Crippen MR) is 550 cm³/mol. The van der Waals surface area contributed by atoms with Crippen molar-refractivity contribution in [3.8, 4) is 11.5 Å². The summed E-state index contributed by atoms with van der Waals surface area (Å²) < 4.78 is 1.57. The summed E-state index contributed by atoms with van der Waals surface area (Å²) in [6.45, 7) is 7.94. The van der Waals surface area contributed by atoms with Crippen LogP contribution in [0.4, 0.5) is 0 Å². The molecule has 1 fully saturated rings. The first-order valence-corrected chi connectivity index (χ1v) is 49.5. The van der Waals surface area contributed by atoms with E-state index in [1.165, 1.54) is 88.8 Å². The van der Waals surface area contributed by atoms with E-state index in [-0.39, 0.29) is 121 Å². The number of phenols is 2. The number of fused-ring (bicyclic) bond motifs is 1. The molecule has 0 spiro atoms. The highest BCUT2D eigenvalue weighted by Crippen LogP contribution is 2.24. The normalized spacial score (nSPS) is 21.8. The Hall–Kier alpha value is -15.9. The van der Waals surface area contributed by atoms with Crippen LogP contribution in [0.25, 0.3) is 10.9 Å². The van der Waals surface area contributed by atoms with Crippen molar-refractivity contribution < 1.29 is 86.9 Å². The Morgan fingerprint density at radius 1 is 0.449 bits per heavy atom. The minimum absolute atomic E-state index is 0.00145. The second-order valence-corrected chi connectivity index (χ2v) is 38.1. The number of primary amides is 1. The van der Waals surface area contributed by atoms with Crippen molar-refractivity contribution in [1.82, 2.24) is 110 Å². The number of thioether (sulfide) groups is 1. The van der Waals surface area contributed by atoms with Crippen LogP contribution in [0.15, 0.2) is 152 Å². The number of imidazole rings is 1. The number of H-pyrrole nitrogens is 1. The predicted octanol–water partition coefficient (Wildman–Crippen LogP) is -3.01. The van der Waals surface area contributed by atoms with Crippen molar-refractivity contribution in [2.45, 2.75) is 228 Å². The van der Waals surface area contributed by atoms with Gasteiger partial charge in [0.25, 0.3) is 0 Å². The van der Waals surface area contributed by atoms with Gasteiger partial charge < -0.3 is 144 Å². The van der Waals surface area contributed by atoms with Crippen molar-refractivity contribution in [2.24, 2.45) is 41.6 Å². The summed E-state index contributed by atoms with van der Waals surface area (Å²) in [5.74, 6) is -19.0. The number of unbranched alkanes of at least 4 members (excludes halogenated alkanes) is 1. The van der Waals surface area contributed by atoms with Gasteiger partial charge in [0.2, 0.25) is 94.5 Å². The molecule has 0 aliphatic carbocycles. The number of amides is 16. The number of carbonyl (C=O) groups excluding carboxylic acids is 16. The number of aromatic nitrogens is 3. The molecule has 5 aromatic carbocycles. The van der Waals surface area contributed by atoms with Gasteiger partial charge in [-0.05, 0) is 156 Å². The number of rotatable bonds is 33. The first kappa shape index (κ1) is 116. The number of phenolic OH excluding ortho intramolecular Hbond substituents is 2. The maximum absolute atomic E-state index is 15.8. The number of benzene rings is 5. The molecule has 13 atom stereocenters. The third kappa shape index (κ3) is 38.6. The maximum atomic E-state index is 15.8. The number of aromatic amines is 1. The molecule has 47 nitrogen and oxygen atoms in total.